The molecule has 3 aromatic rings. The second-order valence-electron chi connectivity index (χ2n) is 5.38. The first-order chi connectivity index (χ1) is 11.5. The summed E-state index contributed by atoms with van der Waals surface area (Å²) in [5.41, 5.74) is 7.49. The first kappa shape index (κ1) is 15.6. The molecule has 0 fully saturated rings. The monoisotopic (exact) mass is 324 g/mol. The Morgan fingerprint density at radius 1 is 1.21 bits per heavy atom. The van der Waals surface area contributed by atoms with Crippen LogP contribution >= 0.6 is 0 Å². The van der Waals surface area contributed by atoms with Gasteiger partial charge in [-0.1, -0.05) is 0 Å². The average Bonchev–Trinajstić information content (AvgIpc) is 2.95. The van der Waals surface area contributed by atoms with Crippen LogP contribution in [0.25, 0.3) is 5.65 Å². The lowest BCUT2D eigenvalue weighted by Crippen LogP contribution is -2.11. The number of hydrogen-bond acceptors (Lipinski definition) is 6. The lowest BCUT2D eigenvalue weighted by atomic mass is 10.2. The normalized spacial score (nSPS) is 11.7. The summed E-state index contributed by atoms with van der Waals surface area (Å²) in [5, 5.41) is 25.9. The van der Waals surface area contributed by atoms with E-state index in [1.165, 1.54) is 12.1 Å². The van der Waals surface area contributed by atoms with Crippen LogP contribution in [-0.2, 0) is 0 Å². The molecule has 0 unspecified atom stereocenters. The van der Waals surface area contributed by atoms with E-state index in [1.807, 2.05) is 26.8 Å². The topological polar surface area (TPSA) is 105 Å². The number of carboxylic acids is 1. The minimum Gasteiger partial charge on any atom is -0.478 e. The zero-order valence-corrected chi connectivity index (χ0v) is 13.5. The molecule has 2 aromatic heterocycles. The van der Waals surface area contributed by atoms with E-state index in [0.29, 0.717) is 22.7 Å². The number of carboxylic acid groups (broad SMARTS) is 1. The maximum Gasteiger partial charge on any atom is 0.335 e. The third kappa shape index (κ3) is 2.94. The molecule has 24 heavy (non-hydrogen) atoms. The van der Waals surface area contributed by atoms with Crippen molar-refractivity contribution in [1.82, 2.24) is 19.8 Å². The summed E-state index contributed by atoms with van der Waals surface area (Å²) in [6.45, 7) is 5.62. The van der Waals surface area contributed by atoms with E-state index in [9.17, 15) is 4.79 Å². The number of anilines is 1. The molecule has 8 nitrogen and oxygen atoms in total. The predicted octanol–water partition coefficient (Wildman–Crippen LogP) is 2.28. The maximum absolute atomic E-state index is 10.8. The van der Waals surface area contributed by atoms with Crippen molar-refractivity contribution in [3.63, 3.8) is 0 Å². The van der Waals surface area contributed by atoms with Gasteiger partial charge >= 0.3 is 5.97 Å². The number of benzene rings is 1. The van der Waals surface area contributed by atoms with Gasteiger partial charge in [-0.15, -0.1) is 10.2 Å². The second-order valence-corrected chi connectivity index (χ2v) is 5.38. The Hall–Kier alpha value is -3.29. The fourth-order valence-corrected chi connectivity index (χ4v) is 2.30. The molecule has 8 heteroatoms. The zero-order chi connectivity index (χ0) is 17.3. The van der Waals surface area contributed by atoms with Crippen molar-refractivity contribution >= 4 is 23.0 Å². The third-order valence-corrected chi connectivity index (χ3v) is 3.55. The van der Waals surface area contributed by atoms with Crippen LogP contribution in [0.4, 0.5) is 5.69 Å². The standard InChI is InChI=1S/C16H16N6O2/c1-9-8-14-19-20-15(11(3)22(14)21-9)10(2)17-18-13-6-4-12(5-7-13)16(23)24/h4-8,18H,1-3H3,(H,23,24)/b17-10-. The fourth-order valence-electron chi connectivity index (χ4n) is 2.30. The van der Waals surface area contributed by atoms with E-state index < -0.39 is 5.97 Å². The summed E-state index contributed by atoms with van der Waals surface area (Å²) in [6, 6.07) is 8.19. The van der Waals surface area contributed by atoms with Crippen LogP contribution in [0.1, 0.15) is 34.4 Å². The molecule has 2 N–H and O–H groups in total. The van der Waals surface area contributed by atoms with E-state index in [2.05, 4.69) is 25.8 Å². The fraction of sp³-hybridized carbons (Fsp3) is 0.188. The Morgan fingerprint density at radius 2 is 1.92 bits per heavy atom. The summed E-state index contributed by atoms with van der Waals surface area (Å²) in [5.74, 6) is -0.963. The Balaban J connectivity index is 1.85. The van der Waals surface area contributed by atoms with Gasteiger partial charge < -0.3 is 5.11 Å². The van der Waals surface area contributed by atoms with E-state index in [1.54, 1.807) is 16.6 Å². The van der Waals surface area contributed by atoms with E-state index >= 15 is 0 Å². The highest BCUT2D eigenvalue weighted by molar-refractivity contribution is 5.98. The number of rotatable bonds is 4. The van der Waals surface area contributed by atoms with Gasteiger partial charge in [0, 0.05) is 6.07 Å². The zero-order valence-electron chi connectivity index (χ0n) is 13.5. The molecule has 0 spiro atoms. The summed E-state index contributed by atoms with van der Waals surface area (Å²) in [7, 11) is 0. The van der Waals surface area contributed by atoms with E-state index in [4.69, 9.17) is 5.11 Å². The van der Waals surface area contributed by atoms with Gasteiger partial charge in [-0.05, 0) is 45.0 Å². The molecule has 0 saturated carbocycles. The van der Waals surface area contributed by atoms with Gasteiger partial charge in [0.2, 0.25) is 0 Å². The van der Waals surface area contributed by atoms with Crippen LogP contribution in [-0.4, -0.2) is 36.6 Å². The van der Waals surface area contributed by atoms with Crippen molar-refractivity contribution in [2.24, 2.45) is 5.10 Å². The van der Waals surface area contributed by atoms with Crippen LogP contribution in [0.2, 0.25) is 0 Å². The number of fused-ring (bicyclic) bond motifs is 1. The first-order valence-electron chi connectivity index (χ1n) is 7.29. The molecule has 0 aliphatic heterocycles. The van der Waals surface area contributed by atoms with Gasteiger partial charge in [0.05, 0.1) is 28.4 Å². The first-order valence-corrected chi connectivity index (χ1v) is 7.29. The molecule has 0 saturated heterocycles. The Kier molecular flexibility index (Phi) is 3.95. The van der Waals surface area contributed by atoms with Crippen molar-refractivity contribution in [2.45, 2.75) is 20.8 Å². The second kappa shape index (κ2) is 6.07. The number of nitrogens with one attached hydrogen (secondary N) is 1. The average molecular weight is 324 g/mol. The summed E-state index contributed by atoms with van der Waals surface area (Å²) in [4.78, 5) is 10.8. The number of hydrazone groups is 1. The number of hydrogen-bond donors (Lipinski definition) is 2. The minimum absolute atomic E-state index is 0.225. The van der Waals surface area contributed by atoms with Crippen LogP contribution in [0.3, 0.4) is 0 Å². The van der Waals surface area contributed by atoms with Gasteiger partial charge in [0.25, 0.3) is 0 Å². The lowest BCUT2D eigenvalue weighted by Gasteiger charge is -2.06. The molecule has 0 bridgehead atoms. The summed E-state index contributed by atoms with van der Waals surface area (Å²) in [6.07, 6.45) is 0. The molecule has 0 radical (unpaired) electrons. The van der Waals surface area contributed by atoms with Crippen molar-refractivity contribution in [3.05, 3.63) is 53.0 Å². The Labute approximate surface area is 137 Å². The number of carbonyl (C=O) groups is 1. The Bertz CT molecular complexity index is 943. The van der Waals surface area contributed by atoms with Crippen LogP contribution in [0.5, 0.6) is 0 Å². The molecule has 0 amide bonds. The molecule has 0 aliphatic carbocycles. The van der Waals surface area contributed by atoms with Gasteiger partial charge in [-0.3, -0.25) is 5.43 Å². The van der Waals surface area contributed by atoms with Crippen molar-refractivity contribution in [3.8, 4) is 0 Å². The van der Waals surface area contributed by atoms with Crippen molar-refractivity contribution in [2.75, 3.05) is 5.43 Å². The summed E-state index contributed by atoms with van der Waals surface area (Å²) >= 11 is 0. The number of aromatic carboxylic acids is 1. The number of nitrogens with zero attached hydrogens (tertiary/aromatic N) is 5. The van der Waals surface area contributed by atoms with Crippen LogP contribution in [0, 0.1) is 13.8 Å². The molecule has 0 aliphatic rings. The highest BCUT2D eigenvalue weighted by Crippen LogP contribution is 2.12. The van der Waals surface area contributed by atoms with Crippen LogP contribution < -0.4 is 5.43 Å². The van der Waals surface area contributed by atoms with Gasteiger partial charge in [-0.25, -0.2) is 9.31 Å². The minimum atomic E-state index is -0.963. The molecular weight excluding hydrogens is 308 g/mol. The summed E-state index contributed by atoms with van der Waals surface area (Å²) < 4.78 is 1.73. The van der Waals surface area contributed by atoms with Gasteiger partial charge in [-0.2, -0.15) is 10.2 Å². The molecule has 1 aromatic carbocycles. The van der Waals surface area contributed by atoms with Gasteiger partial charge in [0.15, 0.2) is 5.65 Å². The van der Waals surface area contributed by atoms with E-state index in [-0.39, 0.29) is 5.56 Å². The molecule has 122 valence electrons. The smallest absolute Gasteiger partial charge is 0.335 e. The van der Waals surface area contributed by atoms with E-state index in [0.717, 1.165) is 11.4 Å². The molecular formula is C16H16N6O2. The molecule has 0 atom stereocenters. The van der Waals surface area contributed by atoms with Crippen molar-refractivity contribution < 1.29 is 9.90 Å². The highest BCUT2D eigenvalue weighted by Gasteiger charge is 2.11. The number of aromatic nitrogens is 4. The number of aryl methyl sites for hydroxylation is 2. The third-order valence-electron chi connectivity index (χ3n) is 3.55. The molecule has 2 heterocycles. The molecule has 3 rings (SSSR count). The lowest BCUT2D eigenvalue weighted by molar-refractivity contribution is 0.0697. The Morgan fingerprint density at radius 3 is 2.58 bits per heavy atom. The van der Waals surface area contributed by atoms with Crippen LogP contribution in [0.15, 0.2) is 35.4 Å². The SMILES string of the molecule is C/C(=N/Nc1ccc(C(=O)O)cc1)c1nnc2cc(C)nn2c1C. The predicted molar refractivity (Wildman–Crippen MR) is 89.5 cm³/mol. The quantitative estimate of drug-likeness (QED) is 0.563. The largest absolute Gasteiger partial charge is 0.478 e. The van der Waals surface area contributed by atoms with Crippen molar-refractivity contribution in [1.29, 1.82) is 0 Å². The van der Waals surface area contributed by atoms with Gasteiger partial charge in [0.1, 0.15) is 5.69 Å². The maximum atomic E-state index is 10.8. The highest BCUT2D eigenvalue weighted by atomic mass is 16.4.